The summed E-state index contributed by atoms with van der Waals surface area (Å²) in [7, 11) is 0. The summed E-state index contributed by atoms with van der Waals surface area (Å²) in [6, 6.07) is 18.5. The summed E-state index contributed by atoms with van der Waals surface area (Å²) < 4.78 is 0.678. The minimum atomic E-state index is 0.0670. The van der Waals surface area contributed by atoms with E-state index in [1.807, 2.05) is 48.5 Å². The van der Waals surface area contributed by atoms with Gasteiger partial charge >= 0.3 is 10.9 Å². The van der Waals surface area contributed by atoms with Gasteiger partial charge in [0.1, 0.15) is 5.52 Å². The van der Waals surface area contributed by atoms with Gasteiger partial charge in [0.2, 0.25) is 4.91 Å². The molecular formula is C15H10N4O. The van der Waals surface area contributed by atoms with Crippen LogP contribution in [0.15, 0.2) is 65.8 Å². The fraction of sp³-hybridized carbons (Fsp3) is 0. The first-order valence-electron chi connectivity index (χ1n) is 6.07. The van der Waals surface area contributed by atoms with Crippen molar-refractivity contribution in [3.8, 4) is 11.1 Å². The summed E-state index contributed by atoms with van der Waals surface area (Å²) in [6.45, 7) is 0. The van der Waals surface area contributed by atoms with E-state index in [1.165, 1.54) is 0 Å². The predicted molar refractivity (Wildman–Crippen MR) is 77.2 cm³/mol. The Morgan fingerprint density at radius 1 is 1.00 bits per heavy atom. The molecule has 2 aromatic carbocycles. The second-order valence-electron chi connectivity index (χ2n) is 4.29. The number of hydrogen-bond donors (Lipinski definition) is 0. The number of para-hydroxylation sites is 1. The van der Waals surface area contributed by atoms with E-state index in [1.54, 1.807) is 12.1 Å². The molecule has 1 aromatic heterocycles. The molecule has 20 heavy (non-hydrogen) atoms. The number of hydrogen-bond acceptors (Lipinski definition) is 2. The van der Waals surface area contributed by atoms with Crippen LogP contribution in [0.4, 0.5) is 5.82 Å². The topological polar surface area (TPSA) is 75.7 Å². The number of aromatic nitrogens is 1. The summed E-state index contributed by atoms with van der Waals surface area (Å²) in [6.07, 6.45) is 0. The minimum Gasteiger partial charge on any atom is -0.710 e. The van der Waals surface area contributed by atoms with Crippen LogP contribution in [-0.2, 0) is 0 Å². The SMILES string of the molecule is [N-]=[N+]=Nc1c(-c2ccccc2)cc2ccccc2[n+]1[O-]. The third-order valence-electron chi connectivity index (χ3n) is 3.11. The molecule has 0 unspecified atom stereocenters. The maximum absolute atomic E-state index is 12.4. The number of fused-ring (bicyclic) bond motifs is 1. The highest BCUT2D eigenvalue weighted by molar-refractivity contribution is 5.85. The van der Waals surface area contributed by atoms with Crippen LogP contribution in [-0.4, -0.2) is 0 Å². The van der Waals surface area contributed by atoms with Gasteiger partial charge in [-0.1, -0.05) is 48.5 Å². The molecule has 0 aliphatic rings. The van der Waals surface area contributed by atoms with Crippen LogP contribution in [0.2, 0.25) is 0 Å². The third-order valence-corrected chi connectivity index (χ3v) is 3.11. The highest BCUT2D eigenvalue weighted by atomic mass is 16.5. The molecule has 0 spiro atoms. The predicted octanol–water partition coefficient (Wildman–Crippen LogP) is 4.08. The van der Waals surface area contributed by atoms with Crippen molar-refractivity contribution in [1.29, 1.82) is 0 Å². The molecular weight excluding hydrogens is 252 g/mol. The molecule has 0 atom stereocenters. The molecule has 0 aliphatic heterocycles. The lowest BCUT2D eigenvalue weighted by atomic mass is 10.0. The van der Waals surface area contributed by atoms with Crippen molar-refractivity contribution in [2.45, 2.75) is 0 Å². The molecule has 3 rings (SSSR count). The third kappa shape index (κ3) is 1.92. The molecule has 5 heteroatoms. The number of rotatable bonds is 2. The van der Waals surface area contributed by atoms with Crippen molar-refractivity contribution >= 4 is 16.7 Å². The molecule has 0 aliphatic carbocycles. The van der Waals surface area contributed by atoms with E-state index in [2.05, 4.69) is 10.0 Å². The quantitative estimate of drug-likeness (QED) is 0.225. The Morgan fingerprint density at radius 2 is 1.70 bits per heavy atom. The zero-order valence-corrected chi connectivity index (χ0v) is 10.5. The fourth-order valence-electron chi connectivity index (χ4n) is 2.21. The van der Waals surface area contributed by atoms with Crippen molar-refractivity contribution in [2.24, 2.45) is 5.11 Å². The van der Waals surface area contributed by atoms with E-state index in [0.717, 1.165) is 10.9 Å². The van der Waals surface area contributed by atoms with Crippen LogP contribution >= 0.6 is 0 Å². The number of benzene rings is 2. The molecule has 0 N–H and O–H groups in total. The van der Waals surface area contributed by atoms with Crippen LogP contribution in [0.5, 0.6) is 0 Å². The average Bonchev–Trinajstić information content (AvgIpc) is 2.51. The van der Waals surface area contributed by atoms with Gasteiger partial charge in [0, 0.05) is 10.9 Å². The van der Waals surface area contributed by atoms with Gasteiger partial charge in [-0.15, -0.1) is 0 Å². The number of azide groups is 1. The maximum Gasteiger partial charge on any atom is 0.427 e. The van der Waals surface area contributed by atoms with E-state index in [0.29, 0.717) is 15.8 Å². The normalized spacial score (nSPS) is 10.2. The smallest absolute Gasteiger partial charge is 0.427 e. The molecule has 96 valence electrons. The molecule has 0 fully saturated rings. The molecule has 0 radical (unpaired) electrons. The Hall–Kier alpha value is -3.04. The summed E-state index contributed by atoms with van der Waals surface area (Å²) in [5.41, 5.74) is 10.6. The standard InChI is InChI=1S/C15H10N4O/c16-18-17-15-13(11-6-2-1-3-7-11)10-12-8-4-5-9-14(12)19(15)20/h1-10H. The lowest BCUT2D eigenvalue weighted by Crippen LogP contribution is -2.27. The maximum atomic E-state index is 12.4. The zero-order valence-electron chi connectivity index (χ0n) is 10.5. The number of pyridine rings is 1. The molecule has 0 bridgehead atoms. The van der Waals surface area contributed by atoms with Crippen LogP contribution in [0, 0.1) is 5.21 Å². The van der Waals surface area contributed by atoms with Gasteiger partial charge in [-0.05, 0) is 17.7 Å². The first-order chi connectivity index (χ1) is 9.81. The van der Waals surface area contributed by atoms with Crippen LogP contribution < -0.4 is 4.73 Å². The second kappa shape index (κ2) is 4.91. The Labute approximate surface area is 114 Å². The minimum absolute atomic E-state index is 0.0670. The first kappa shape index (κ1) is 12.0. The van der Waals surface area contributed by atoms with E-state index < -0.39 is 0 Å². The molecule has 0 amide bonds. The Morgan fingerprint density at radius 3 is 2.45 bits per heavy atom. The van der Waals surface area contributed by atoms with Gasteiger partial charge in [-0.25, -0.2) is 4.73 Å². The molecule has 0 saturated carbocycles. The highest BCUT2D eigenvalue weighted by Gasteiger charge is 2.22. The lowest BCUT2D eigenvalue weighted by molar-refractivity contribution is -0.562. The van der Waals surface area contributed by atoms with E-state index in [4.69, 9.17) is 5.53 Å². The summed E-state index contributed by atoms with van der Waals surface area (Å²) in [5, 5.41) is 16.7. The Balaban J connectivity index is 2.41. The fourth-order valence-corrected chi connectivity index (χ4v) is 2.21. The van der Waals surface area contributed by atoms with Crippen molar-refractivity contribution in [1.82, 2.24) is 0 Å². The molecule has 0 saturated heterocycles. The van der Waals surface area contributed by atoms with Crippen LogP contribution in [0.25, 0.3) is 32.5 Å². The Kier molecular flexibility index (Phi) is 2.95. The van der Waals surface area contributed by atoms with Crippen LogP contribution in [0.3, 0.4) is 0 Å². The van der Waals surface area contributed by atoms with Gasteiger partial charge in [-0.3, -0.25) is 0 Å². The summed E-state index contributed by atoms with van der Waals surface area (Å²) in [4.78, 5) is 2.76. The van der Waals surface area contributed by atoms with Gasteiger partial charge in [0.25, 0.3) is 0 Å². The summed E-state index contributed by atoms with van der Waals surface area (Å²) in [5.74, 6) is 0.0670. The zero-order chi connectivity index (χ0) is 13.9. The monoisotopic (exact) mass is 262 g/mol. The van der Waals surface area contributed by atoms with Crippen molar-refractivity contribution < 1.29 is 4.73 Å². The van der Waals surface area contributed by atoms with Crippen molar-refractivity contribution in [2.75, 3.05) is 0 Å². The van der Waals surface area contributed by atoms with E-state index in [-0.39, 0.29) is 5.82 Å². The lowest BCUT2D eigenvalue weighted by Gasteiger charge is -2.09. The van der Waals surface area contributed by atoms with Gasteiger partial charge < -0.3 is 5.21 Å². The average molecular weight is 262 g/mol. The Bertz CT molecular complexity index is 824. The molecule has 3 aromatic rings. The second-order valence-corrected chi connectivity index (χ2v) is 4.29. The van der Waals surface area contributed by atoms with Crippen molar-refractivity contribution in [3.05, 3.63) is 76.3 Å². The summed E-state index contributed by atoms with van der Waals surface area (Å²) >= 11 is 0. The van der Waals surface area contributed by atoms with Gasteiger partial charge in [-0.2, -0.15) is 0 Å². The molecule has 5 nitrogen and oxygen atoms in total. The van der Waals surface area contributed by atoms with Crippen molar-refractivity contribution in [3.63, 3.8) is 0 Å². The molecule has 1 heterocycles. The first-order valence-corrected chi connectivity index (χ1v) is 6.07. The van der Waals surface area contributed by atoms with E-state index in [9.17, 15) is 5.21 Å². The highest BCUT2D eigenvalue weighted by Crippen LogP contribution is 2.30. The van der Waals surface area contributed by atoms with E-state index >= 15 is 0 Å². The van der Waals surface area contributed by atoms with Gasteiger partial charge in [0.05, 0.1) is 5.56 Å². The van der Waals surface area contributed by atoms with Crippen LogP contribution in [0.1, 0.15) is 0 Å². The largest absolute Gasteiger partial charge is 0.710 e. The number of nitrogens with zero attached hydrogens (tertiary/aromatic N) is 4. The van der Waals surface area contributed by atoms with Gasteiger partial charge in [0.15, 0.2) is 0 Å².